The number of aromatic hydroxyl groups is 1. The van der Waals surface area contributed by atoms with E-state index in [1.54, 1.807) is 6.07 Å². The zero-order valence-electron chi connectivity index (χ0n) is 17.1. The molecule has 3 atom stereocenters. The van der Waals surface area contributed by atoms with Gasteiger partial charge < -0.3 is 9.84 Å². The minimum atomic E-state index is 0.0473. The van der Waals surface area contributed by atoms with Gasteiger partial charge in [-0.2, -0.15) is 0 Å². The highest BCUT2D eigenvalue weighted by Crippen LogP contribution is 2.41. The molecule has 0 radical (unpaired) electrons. The third-order valence-electron chi connectivity index (χ3n) is 6.58. The van der Waals surface area contributed by atoms with Crippen LogP contribution in [0.15, 0.2) is 60.7 Å². The normalized spacial score (nSPS) is 24.2. The first-order chi connectivity index (χ1) is 14.2. The highest BCUT2D eigenvalue weighted by molar-refractivity contribution is 5.85. The molecule has 3 aromatic rings. The Morgan fingerprint density at radius 3 is 2.83 bits per heavy atom. The number of hydrogen-bond donors (Lipinski definition) is 1. The zero-order chi connectivity index (χ0) is 19.8. The summed E-state index contributed by atoms with van der Waals surface area (Å²) in [5.41, 5.74) is 3.87. The van der Waals surface area contributed by atoms with E-state index in [2.05, 4.69) is 60.4 Å². The van der Waals surface area contributed by atoms with Crippen molar-refractivity contribution >= 4 is 10.8 Å². The lowest BCUT2D eigenvalue weighted by Gasteiger charge is -2.47. The van der Waals surface area contributed by atoms with Crippen molar-refractivity contribution in [3.63, 3.8) is 0 Å². The van der Waals surface area contributed by atoms with Crippen LogP contribution >= 0.6 is 0 Å². The number of hydrogen-bond acceptors (Lipinski definition) is 3. The molecule has 3 nitrogen and oxygen atoms in total. The van der Waals surface area contributed by atoms with Gasteiger partial charge in [-0.05, 0) is 65.4 Å². The molecule has 1 aliphatic heterocycles. The average molecular weight is 388 g/mol. The molecule has 2 aliphatic rings. The molecule has 1 unspecified atom stereocenters. The molecule has 0 bridgehead atoms. The first kappa shape index (κ1) is 18.7. The summed E-state index contributed by atoms with van der Waals surface area (Å²) in [5, 5.41) is 12.7. The Bertz CT molecular complexity index is 1010. The van der Waals surface area contributed by atoms with Gasteiger partial charge in [-0.1, -0.05) is 55.5 Å². The predicted octanol–water partition coefficient (Wildman–Crippen LogP) is 5.25. The van der Waals surface area contributed by atoms with Crippen molar-refractivity contribution in [2.75, 3.05) is 13.1 Å². The van der Waals surface area contributed by atoms with E-state index in [4.69, 9.17) is 4.74 Å². The number of benzene rings is 3. The fourth-order valence-electron chi connectivity index (χ4n) is 5.30. The van der Waals surface area contributed by atoms with E-state index in [1.165, 1.54) is 27.5 Å². The zero-order valence-corrected chi connectivity index (χ0v) is 17.1. The van der Waals surface area contributed by atoms with Crippen LogP contribution < -0.4 is 0 Å². The van der Waals surface area contributed by atoms with Gasteiger partial charge in [0, 0.05) is 19.0 Å². The Labute approximate surface area is 172 Å². The Balaban J connectivity index is 1.47. The molecule has 3 aromatic carbocycles. The number of rotatable bonds is 4. The van der Waals surface area contributed by atoms with E-state index in [-0.39, 0.29) is 12.2 Å². The number of nitrogens with zero attached hydrogens (tertiary/aromatic N) is 1. The fourth-order valence-corrected chi connectivity index (χ4v) is 5.30. The molecule has 5 rings (SSSR count). The summed E-state index contributed by atoms with van der Waals surface area (Å²) in [4.78, 5) is 2.64. The second-order valence-electron chi connectivity index (χ2n) is 8.51. The van der Waals surface area contributed by atoms with Crippen LogP contribution in [-0.2, 0) is 17.6 Å². The summed E-state index contributed by atoms with van der Waals surface area (Å²) >= 11 is 0. The number of fused-ring (bicyclic) bond motifs is 4. The first-order valence-corrected chi connectivity index (χ1v) is 10.9. The SMILES string of the molecule is CCCN1CC(Cc2cccc3ccccc23)O[C@@H]2c3cc(O)ccc3CC[C@H]21. The Kier molecular flexibility index (Phi) is 5.03. The van der Waals surface area contributed by atoms with Crippen molar-refractivity contribution in [1.29, 1.82) is 0 Å². The number of ether oxygens (including phenoxy) is 1. The fraction of sp³-hybridized carbons (Fsp3) is 0.385. The molecule has 0 spiro atoms. The molecule has 3 heteroatoms. The second kappa shape index (κ2) is 7.81. The van der Waals surface area contributed by atoms with Crippen LogP contribution in [0, 0.1) is 0 Å². The van der Waals surface area contributed by atoms with Gasteiger partial charge in [0.05, 0.1) is 12.2 Å². The van der Waals surface area contributed by atoms with E-state index >= 15 is 0 Å². The first-order valence-electron chi connectivity index (χ1n) is 10.9. The minimum absolute atomic E-state index is 0.0473. The molecule has 29 heavy (non-hydrogen) atoms. The van der Waals surface area contributed by atoms with Gasteiger partial charge in [0.2, 0.25) is 0 Å². The van der Waals surface area contributed by atoms with E-state index in [0.717, 1.165) is 38.8 Å². The molecular formula is C26H29NO2. The molecule has 1 saturated heterocycles. The summed E-state index contributed by atoms with van der Waals surface area (Å²) in [6.07, 6.45) is 4.46. The third-order valence-corrected chi connectivity index (χ3v) is 6.58. The molecule has 0 aromatic heterocycles. The van der Waals surface area contributed by atoms with Crippen molar-refractivity contribution in [2.45, 2.75) is 50.9 Å². The Hall–Kier alpha value is -2.36. The summed E-state index contributed by atoms with van der Waals surface area (Å²) in [5.74, 6) is 0.339. The summed E-state index contributed by atoms with van der Waals surface area (Å²) in [6, 6.07) is 21.4. The smallest absolute Gasteiger partial charge is 0.115 e. The lowest BCUT2D eigenvalue weighted by Crippen LogP contribution is -2.53. The maximum absolute atomic E-state index is 10.1. The predicted molar refractivity (Wildman–Crippen MR) is 117 cm³/mol. The molecule has 1 heterocycles. The van der Waals surface area contributed by atoms with Gasteiger partial charge in [-0.25, -0.2) is 0 Å². The average Bonchev–Trinajstić information content (AvgIpc) is 2.74. The highest BCUT2D eigenvalue weighted by atomic mass is 16.5. The van der Waals surface area contributed by atoms with Crippen molar-refractivity contribution in [3.8, 4) is 5.75 Å². The van der Waals surface area contributed by atoms with Crippen molar-refractivity contribution in [3.05, 3.63) is 77.4 Å². The Morgan fingerprint density at radius 1 is 1.07 bits per heavy atom. The molecule has 0 amide bonds. The molecule has 1 fully saturated rings. The number of morpholine rings is 1. The van der Waals surface area contributed by atoms with Crippen LogP contribution in [0.2, 0.25) is 0 Å². The molecule has 0 saturated carbocycles. The molecule has 1 N–H and O–H groups in total. The van der Waals surface area contributed by atoms with Crippen LogP contribution in [0.1, 0.15) is 42.6 Å². The van der Waals surface area contributed by atoms with Crippen LogP contribution in [0.4, 0.5) is 0 Å². The topological polar surface area (TPSA) is 32.7 Å². The Morgan fingerprint density at radius 2 is 1.93 bits per heavy atom. The van der Waals surface area contributed by atoms with Gasteiger partial charge in [-0.3, -0.25) is 4.90 Å². The van der Waals surface area contributed by atoms with Crippen LogP contribution in [0.5, 0.6) is 5.75 Å². The lowest BCUT2D eigenvalue weighted by atomic mass is 9.83. The highest BCUT2D eigenvalue weighted by Gasteiger charge is 2.40. The van der Waals surface area contributed by atoms with Crippen LogP contribution in [0.25, 0.3) is 10.8 Å². The number of phenols is 1. The second-order valence-corrected chi connectivity index (χ2v) is 8.51. The lowest BCUT2D eigenvalue weighted by molar-refractivity contribution is -0.127. The summed E-state index contributed by atoms with van der Waals surface area (Å²) < 4.78 is 6.75. The maximum atomic E-state index is 10.1. The van der Waals surface area contributed by atoms with Gasteiger partial charge in [0.1, 0.15) is 5.75 Å². The third kappa shape index (κ3) is 3.54. The van der Waals surface area contributed by atoms with Gasteiger partial charge in [0.25, 0.3) is 0 Å². The standard InChI is InChI=1S/C26H29NO2/c1-2-14-27-17-22(15-20-8-5-7-18-6-3-4-9-23(18)20)29-26-24-16-21(28)12-10-19(24)11-13-25(26)27/h3-10,12,16,22,25-26,28H,2,11,13-15,17H2,1H3/t22?,25-,26-/m1/s1. The van der Waals surface area contributed by atoms with Gasteiger partial charge >= 0.3 is 0 Å². The van der Waals surface area contributed by atoms with Crippen molar-refractivity contribution in [2.24, 2.45) is 0 Å². The maximum Gasteiger partial charge on any atom is 0.115 e. The van der Waals surface area contributed by atoms with Gasteiger partial charge in [0.15, 0.2) is 0 Å². The monoisotopic (exact) mass is 387 g/mol. The van der Waals surface area contributed by atoms with E-state index in [0.29, 0.717) is 11.8 Å². The summed E-state index contributed by atoms with van der Waals surface area (Å²) in [7, 11) is 0. The quantitative estimate of drug-likeness (QED) is 0.663. The summed E-state index contributed by atoms with van der Waals surface area (Å²) in [6.45, 7) is 4.34. The van der Waals surface area contributed by atoms with Crippen LogP contribution in [-0.4, -0.2) is 35.2 Å². The number of aryl methyl sites for hydroxylation is 1. The molecule has 150 valence electrons. The van der Waals surface area contributed by atoms with Crippen molar-refractivity contribution in [1.82, 2.24) is 4.90 Å². The van der Waals surface area contributed by atoms with Crippen molar-refractivity contribution < 1.29 is 9.84 Å². The molecule has 1 aliphatic carbocycles. The minimum Gasteiger partial charge on any atom is -0.508 e. The van der Waals surface area contributed by atoms with E-state index in [9.17, 15) is 5.11 Å². The van der Waals surface area contributed by atoms with E-state index in [1.807, 2.05) is 6.07 Å². The number of phenolic OH excluding ortho intramolecular Hbond substituents is 1. The molecular weight excluding hydrogens is 358 g/mol. The largest absolute Gasteiger partial charge is 0.508 e. The van der Waals surface area contributed by atoms with E-state index < -0.39 is 0 Å². The van der Waals surface area contributed by atoms with Gasteiger partial charge in [-0.15, -0.1) is 0 Å². The van der Waals surface area contributed by atoms with Crippen LogP contribution in [0.3, 0.4) is 0 Å².